The second-order valence-electron chi connectivity index (χ2n) is 6.61. The van der Waals surface area contributed by atoms with E-state index in [1.807, 2.05) is 4.90 Å². The maximum Gasteiger partial charge on any atom is 0.239 e. The van der Waals surface area contributed by atoms with Gasteiger partial charge in [0.15, 0.2) is 0 Å². The molecule has 2 saturated heterocycles. The smallest absolute Gasteiger partial charge is 0.239 e. The first kappa shape index (κ1) is 13.9. The van der Waals surface area contributed by atoms with Crippen LogP contribution in [0.15, 0.2) is 0 Å². The van der Waals surface area contributed by atoms with E-state index in [0.717, 1.165) is 19.3 Å². The van der Waals surface area contributed by atoms with Crippen LogP contribution in [-0.4, -0.2) is 41.9 Å². The Morgan fingerprint density at radius 1 is 1.05 bits per heavy atom. The highest BCUT2D eigenvalue weighted by atomic mass is 16.2. The Morgan fingerprint density at radius 2 is 1.75 bits per heavy atom. The van der Waals surface area contributed by atoms with Gasteiger partial charge < -0.3 is 16.0 Å². The number of hydrogen-bond acceptors (Lipinski definition) is 3. The third-order valence-corrected chi connectivity index (χ3v) is 5.37. The third-order valence-electron chi connectivity index (χ3n) is 5.37. The minimum absolute atomic E-state index is 0.00762. The van der Waals surface area contributed by atoms with Crippen molar-refractivity contribution in [1.29, 1.82) is 0 Å². The van der Waals surface area contributed by atoms with Crippen LogP contribution in [0.1, 0.15) is 44.9 Å². The number of hydrogen-bond donors (Lipinski definition) is 2. The molecular formula is C15H25N3O2. The van der Waals surface area contributed by atoms with Gasteiger partial charge in [-0.2, -0.15) is 0 Å². The van der Waals surface area contributed by atoms with Crippen molar-refractivity contribution >= 4 is 11.8 Å². The lowest BCUT2D eigenvalue weighted by Crippen LogP contribution is -2.49. The van der Waals surface area contributed by atoms with Crippen molar-refractivity contribution in [3.63, 3.8) is 0 Å². The molecule has 1 saturated carbocycles. The number of nitrogens with one attached hydrogen (secondary N) is 1. The van der Waals surface area contributed by atoms with Gasteiger partial charge in [0.2, 0.25) is 11.8 Å². The number of carbonyl (C=O) groups excluding carboxylic acids is 2. The van der Waals surface area contributed by atoms with Gasteiger partial charge in [-0.3, -0.25) is 9.59 Å². The molecule has 5 nitrogen and oxygen atoms in total. The Morgan fingerprint density at radius 3 is 2.40 bits per heavy atom. The van der Waals surface area contributed by atoms with E-state index in [1.54, 1.807) is 0 Å². The first-order chi connectivity index (χ1) is 9.65. The van der Waals surface area contributed by atoms with Crippen molar-refractivity contribution in [3.05, 3.63) is 0 Å². The summed E-state index contributed by atoms with van der Waals surface area (Å²) in [6.07, 6.45) is 7.54. The molecule has 0 radical (unpaired) electrons. The van der Waals surface area contributed by atoms with E-state index < -0.39 is 0 Å². The van der Waals surface area contributed by atoms with Crippen LogP contribution in [0.4, 0.5) is 0 Å². The molecule has 112 valence electrons. The summed E-state index contributed by atoms with van der Waals surface area (Å²) in [5.41, 5.74) is 5.34. The maximum absolute atomic E-state index is 12.6. The maximum atomic E-state index is 12.6. The molecule has 3 rings (SSSR count). The van der Waals surface area contributed by atoms with Gasteiger partial charge in [0, 0.05) is 25.0 Å². The number of carbonyl (C=O) groups is 2. The highest BCUT2D eigenvalue weighted by molar-refractivity contribution is 5.83. The molecule has 2 aliphatic heterocycles. The van der Waals surface area contributed by atoms with Crippen LogP contribution in [0.25, 0.3) is 0 Å². The van der Waals surface area contributed by atoms with E-state index >= 15 is 0 Å². The van der Waals surface area contributed by atoms with Gasteiger partial charge in [0.1, 0.15) is 0 Å². The number of nitrogens with zero attached hydrogens (tertiary/aromatic N) is 1. The average molecular weight is 279 g/mol. The van der Waals surface area contributed by atoms with Gasteiger partial charge >= 0.3 is 0 Å². The SMILES string of the molecule is NC(=O)C1CCN(C(=O)C2CC3CCCCC3N2)CC1. The molecule has 2 heterocycles. The zero-order valence-electron chi connectivity index (χ0n) is 12.0. The quantitative estimate of drug-likeness (QED) is 0.778. The predicted molar refractivity (Wildman–Crippen MR) is 75.8 cm³/mol. The molecule has 0 bridgehead atoms. The normalized spacial score (nSPS) is 34.8. The number of amides is 2. The molecule has 3 unspecified atom stereocenters. The minimum Gasteiger partial charge on any atom is -0.369 e. The van der Waals surface area contributed by atoms with Crippen molar-refractivity contribution in [2.24, 2.45) is 17.6 Å². The Bertz CT molecular complexity index is 377. The van der Waals surface area contributed by atoms with Crippen LogP contribution in [0, 0.1) is 11.8 Å². The Balaban J connectivity index is 1.54. The lowest BCUT2D eigenvalue weighted by atomic mass is 9.85. The highest BCUT2D eigenvalue weighted by Gasteiger charge is 2.40. The monoisotopic (exact) mass is 279 g/mol. The highest BCUT2D eigenvalue weighted by Crippen LogP contribution is 2.34. The molecule has 2 amide bonds. The van der Waals surface area contributed by atoms with Crippen LogP contribution >= 0.6 is 0 Å². The molecule has 1 aliphatic carbocycles. The summed E-state index contributed by atoms with van der Waals surface area (Å²) in [4.78, 5) is 25.7. The number of fused-ring (bicyclic) bond motifs is 1. The van der Waals surface area contributed by atoms with Crippen LogP contribution in [0.2, 0.25) is 0 Å². The summed E-state index contributed by atoms with van der Waals surface area (Å²) >= 11 is 0. The number of primary amides is 1. The van der Waals surface area contributed by atoms with Crippen LogP contribution in [0.5, 0.6) is 0 Å². The van der Waals surface area contributed by atoms with Crippen molar-refractivity contribution in [2.45, 2.75) is 57.0 Å². The fourth-order valence-corrected chi connectivity index (χ4v) is 4.12. The van der Waals surface area contributed by atoms with Gasteiger partial charge in [0.05, 0.1) is 6.04 Å². The number of rotatable bonds is 2. The third kappa shape index (κ3) is 2.68. The van der Waals surface area contributed by atoms with Crippen molar-refractivity contribution in [1.82, 2.24) is 10.2 Å². The molecule has 0 aromatic heterocycles. The van der Waals surface area contributed by atoms with Crippen LogP contribution < -0.4 is 11.1 Å². The second kappa shape index (κ2) is 5.72. The second-order valence-corrected chi connectivity index (χ2v) is 6.61. The lowest BCUT2D eigenvalue weighted by Gasteiger charge is -2.32. The molecule has 5 heteroatoms. The molecule has 0 aromatic carbocycles. The van der Waals surface area contributed by atoms with E-state index in [4.69, 9.17) is 5.73 Å². The Kier molecular flexibility index (Phi) is 3.96. The Hall–Kier alpha value is -1.10. The summed E-state index contributed by atoms with van der Waals surface area (Å²) in [5.74, 6) is 0.670. The van der Waals surface area contributed by atoms with Gasteiger partial charge in [-0.25, -0.2) is 0 Å². The molecule has 20 heavy (non-hydrogen) atoms. The lowest BCUT2D eigenvalue weighted by molar-refractivity contribution is -0.136. The summed E-state index contributed by atoms with van der Waals surface area (Å²) < 4.78 is 0. The van der Waals surface area contributed by atoms with E-state index in [-0.39, 0.29) is 23.8 Å². The zero-order valence-corrected chi connectivity index (χ0v) is 12.0. The van der Waals surface area contributed by atoms with Crippen LogP contribution in [-0.2, 0) is 9.59 Å². The van der Waals surface area contributed by atoms with E-state index in [9.17, 15) is 9.59 Å². The van der Waals surface area contributed by atoms with E-state index in [0.29, 0.717) is 25.0 Å². The van der Waals surface area contributed by atoms with Crippen molar-refractivity contribution in [3.8, 4) is 0 Å². The molecule has 3 N–H and O–H groups in total. The summed E-state index contributed by atoms with van der Waals surface area (Å²) in [6.45, 7) is 1.36. The fourth-order valence-electron chi connectivity index (χ4n) is 4.12. The first-order valence-corrected chi connectivity index (χ1v) is 7.99. The van der Waals surface area contributed by atoms with Gasteiger partial charge in [0.25, 0.3) is 0 Å². The zero-order chi connectivity index (χ0) is 14.1. The summed E-state index contributed by atoms with van der Waals surface area (Å²) in [6, 6.07) is 0.564. The predicted octanol–water partition coefficient (Wildman–Crippen LogP) is 0.631. The van der Waals surface area contributed by atoms with Gasteiger partial charge in [-0.05, 0) is 38.0 Å². The van der Waals surface area contributed by atoms with Crippen molar-refractivity contribution in [2.75, 3.05) is 13.1 Å². The molecular weight excluding hydrogens is 254 g/mol. The van der Waals surface area contributed by atoms with E-state index in [1.165, 1.54) is 25.7 Å². The number of piperidine rings is 1. The molecule has 3 fully saturated rings. The first-order valence-electron chi connectivity index (χ1n) is 7.99. The van der Waals surface area contributed by atoms with Gasteiger partial charge in [-0.15, -0.1) is 0 Å². The average Bonchev–Trinajstić information content (AvgIpc) is 2.90. The molecule has 0 aromatic rings. The van der Waals surface area contributed by atoms with E-state index in [2.05, 4.69) is 5.32 Å². The standard InChI is InChI=1S/C15H25N3O2/c16-14(19)10-5-7-18(8-6-10)15(20)13-9-11-3-1-2-4-12(11)17-13/h10-13,17H,1-9H2,(H2,16,19). The summed E-state index contributed by atoms with van der Waals surface area (Å²) in [7, 11) is 0. The molecule has 3 atom stereocenters. The van der Waals surface area contributed by atoms with Gasteiger partial charge in [-0.1, -0.05) is 12.8 Å². The minimum atomic E-state index is -0.220. The largest absolute Gasteiger partial charge is 0.369 e. The van der Waals surface area contributed by atoms with Crippen molar-refractivity contribution < 1.29 is 9.59 Å². The Labute approximate surface area is 120 Å². The summed E-state index contributed by atoms with van der Waals surface area (Å²) in [5, 5.41) is 3.54. The number of nitrogens with two attached hydrogens (primary N) is 1. The fraction of sp³-hybridized carbons (Fsp3) is 0.867. The topological polar surface area (TPSA) is 75.4 Å². The molecule has 3 aliphatic rings. The van der Waals surface area contributed by atoms with Crippen LogP contribution in [0.3, 0.4) is 0 Å². The molecule has 0 spiro atoms. The number of likely N-dealkylation sites (tertiary alicyclic amines) is 1.